The Morgan fingerprint density at radius 3 is 2.81 bits per heavy atom. The van der Waals surface area contributed by atoms with E-state index < -0.39 is 10.0 Å². The summed E-state index contributed by atoms with van der Waals surface area (Å²) in [5.74, 6) is 1.39. The average Bonchev–Trinajstić information content (AvgIpc) is 3.38. The average molecular weight is 441 g/mol. The minimum atomic E-state index is -3.67. The molecule has 1 aliphatic heterocycles. The fourth-order valence-corrected chi connectivity index (χ4v) is 5.83. The Bertz CT molecular complexity index is 1170. The van der Waals surface area contributed by atoms with Crippen molar-refractivity contribution in [1.82, 2.24) is 24.1 Å². The predicted molar refractivity (Wildman–Crippen MR) is 120 cm³/mol. The summed E-state index contributed by atoms with van der Waals surface area (Å²) in [6.45, 7) is 6.94. The van der Waals surface area contributed by atoms with E-state index in [1.54, 1.807) is 28.3 Å². The van der Waals surface area contributed by atoms with Crippen molar-refractivity contribution in [3.05, 3.63) is 59.7 Å². The molecule has 1 saturated heterocycles. The zero-order valence-corrected chi connectivity index (χ0v) is 18.9. The first-order chi connectivity index (χ1) is 14.9. The molecule has 3 aromatic rings. The van der Waals surface area contributed by atoms with Gasteiger partial charge in [0.2, 0.25) is 10.0 Å². The Kier molecular flexibility index (Phi) is 6.06. The SMILES string of the molecule is CCCn1cc(S(=O)(=O)N2CCC[C@@H]2c2cccc(Nc3ncccc3C)n2)c(C)n1. The molecule has 0 bridgehead atoms. The maximum Gasteiger partial charge on any atom is 0.247 e. The number of aryl methyl sites for hydroxylation is 3. The van der Waals surface area contributed by atoms with Gasteiger partial charge in [0, 0.05) is 25.5 Å². The lowest BCUT2D eigenvalue weighted by molar-refractivity contribution is 0.390. The summed E-state index contributed by atoms with van der Waals surface area (Å²) < 4.78 is 30.3. The molecule has 0 radical (unpaired) electrons. The van der Waals surface area contributed by atoms with Crippen LogP contribution in [-0.4, -0.2) is 39.0 Å². The minimum Gasteiger partial charge on any atom is -0.325 e. The van der Waals surface area contributed by atoms with Gasteiger partial charge < -0.3 is 5.32 Å². The van der Waals surface area contributed by atoms with Gasteiger partial charge in [-0.1, -0.05) is 19.1 Å². The Morgan fingerprint density at radius 2 is 2.03 bits per heavy atom. The highest BCUT2D eigenvalue weighted by atomic mass is 32.2. The lowest BCUT2D eigenvalue weighted by atomic mass is 10.1. The van der Waals surface area contributed by atoms with Gasteiger partial charge in [-0.3, -0.25) is 4.68 Å². The highest BCUT2D eigenvalue weighted by Crippen LogP contribution is 2.36. The van der Waals surface area contributed by atoms with Crippen LogP contribution in [0.1, 0.15) is 49.2 Å². The van der Waals surface area contributed by atoms with E-state index >= 15 is 0 Å². The van der Waals surface area contributed by atoms with Crippen LogP contribution in [0.25, 0.3) is 0 Å². The van der Waals surface area contributed by atoms with Gasteiger partial charge in [0.05, 0.1) is 17.4 Å². The summed E-state index contributed by atoms with van der Waals surface area (Å²) >= 11 is 0. The number of hydrogen-bond donors (Lipinski definition) is 1. The first-order valence-electron chi connectivity index (χ1n) is 10.6. The fourth-order valence-electron chi connectivity index (χ4n) is 3.99. The molecule has 0 saturated carbocycles. The lowest BCUT2D eigenvalue weighted by Gasteiger charge is -2.23. The fraction of sp³-hybridized carbons (Fsp3) is 0.409. The number of pyridine rings is 2. The molecule has 3 aromatic heterocycles. The molecule has 4 rings (SSSR count). The Labute approximate surface area is 183 Å². The van der Waals surface area contributed by atoms with Crippen LogP contribution in [0.15, 0.2) is 47.6 Å². The molecule has 8 nitrogen and oxygen atoms in total. The molecular weight excluding hydrogens is 412 g/mol. The number of aromatic nitrogens is 4. The van der Waals surface area contributed by atoms with Crippen LogP contribution in [0.2, 0.25) is 0 Å². The number of nitrogens with zero attached hydrogens (tertiary/aromatic N) is 5. The third-order valence-corrected chi connectivity index (χ3v) is 7.52. The molecule has 0 spiro atoms. The molecule has 31 heavy (non-hydrogen) atoms. The van der Waals surface area contributed by atoms with Gasteiger partial charge >= 0.3 is 0 Å². The van der Waals surface area contributed by atoms with E-state index in [4.69, 9.17) is 4.98 Å². The zero-order chi connectivity index (χ0) is 22.0. The van der Waals surface area contributed by atoms with Gasteiger partial charge in [-0.05, 0) is 56.9 Å². The van der Waals surface area contributed by atoms with Crippen molar-refractivity contribution in [3.8, 4) is 0 Å². The van der Waals surface area contributed by atoms with Crippen LogP contribution >= 0.6 is 0 Å². The van der Waals surface area contributed by atoms with Crippen molar-refractivity contribution >= 4 is 21.7 Å². The molecule has 1 fully saturated rings. The van der Waals surface area contributed by atoms with E-state index in [1.807, 2.05) is 44.2 Å². The normalized spacial score (nSPS) is 17.2. The second-order valence-corrected chi connectivity index (χ2v) is 9.72. The molecule has 0 aliphatic carbocycles. The number of anilines is 2. The third-order valence-electron chi connectivity index (χ3n) is 5.51. The summed E-state index contributed by atoms with van der Waals surface area (Å²) in [5, 5.41) is 7.63. The van der Waals surface area contributed by atoms with Gasteiger partial charge in [0.1, 0.15) is 16.5 Å². The Hall–Kier alpha value is -2.78. The second-order valence-electron chi connectivity index (χ2n) is 7.86. The minimum absolute atomic E-state index is 0.284. The maximum absolute atomic E-state index is 13.5. The summed E-state index contributed by atoms with van der Waals surface area (Å²) in [7, 11) is -3.67. The lowest BCUT2D eigenvalue weighted by Crippen LogP contribution is -2.31. The standard InChI is InChI=1S/C22H28N6O2S/c1-4-13-27-15-20(17(3)26-27)31(29,30)28-14-7-10-19(28)18-9-5-11-21(24-18)25-22-16(2)8-6-12-23-22/h5-6,8-9,11-12,15,19H,4,7,10,13-14H2,1-3H3,(H,23,24,25)/t19-/m1/s1. The molecule has 1 N–H and O–H groups in total. The van der Waals surface area contributed by atoms with E-state index in [9.17, 15) is 8.42 Å². The summed E-state index contributed by atoms with van der Waals surface area (Å²) in [5.41, 5.74) is 2.28. The van der Waals surface area contributed by atoms with Crippen molar-refractivity contribution in [2.24, 2.45) is 0 Å². The van der Waals surface area contributed by atoms with Gasteiger partial charge in [-0.25, -0.2) is 18.4 Å². The maximum atomic E-state index is 13.5. The molecular formula is C22H28N6O2S. The molecule has 0 unspecified atom stereocenters. The predicted octanol–water partition coefficient (Wildman–Crippen LogP) is 3.97. The van der Waals surface area contributed by atoms with Crippen molar-refractivity contribution in [2.45, 2.75) is 57.5 Å². The van der Waals surface area contributed by atoms with Crippen molar-refractivity contribution < 1.29 is 8.42 Å². The monoisotopic (exact) mass is 440 g/mol. The van der Waals surface area contributed by atoms with E-state index in [2.05, 4.69) is 15.4 Å². The van der Waals surface area contributed by atoms with Crippen molar-refractivity contribution in [2.75, 3.05) is 11.9 Å². The Morgan fingerprint density at radius 1 is 1.19 bits per heavy atom. The molecule has 164 valence electrons. The van der Waals surface area contributed by atoms with E-state index in [-0.39, 0.29) is 10.9 Å². The molecule has 4 heterocycles. The third kappa shape index (κ3) is 4.33. The van der Waals surface area contributed by atoms with E-state index in [0.717, 1.165) is 36.3 Å². The van der Waals surface area contributed by atoms with Crippen LogP contribution in [0.4, 0.5) is 11.6 Å². The highest BCUT2D eigenvalue weighted by Gasteiger charge is 2.38. The summed E-state index contributed by atoms with van der Waals surface area (Å²) in [6, 6.07) is 9.22. The van der Waals surface area contributed by atoms with Crippen molar-refractivity contribution in [1.29, 1.82) is 0 Å². The Balaban J connectivity index is 1.62. The first-order valence-corrected chi connectivity index (χ1v) is 12.1. The molecule has 9 heteroatoms. The van der Waals surface area contributed by atoms with Crippen LogP contribution in [0, 0.1) is 13.8 Å². The highest BCUT2D eigenvalue weighted by molar-refractivity contribution is 7.89. The number of hydrogen-bond acceptors (Lipinski definition) is 6. The number of sulfonamides is 1. The first kappa shape index (κ1) is 21.5. The van der Waals surface area contributed by atoms with Crippen LogP contribution < -0.4 is 5.32 Å². The molecule has 1 atom stereocenters. The van der Waals surface area contributed by atoms with E-state index in [1.165, 1.54) is 0 Å². The zero-order valence-electron chi connectivity index (χ0n) is 18.1. The topological polar surface area (TPSA) is 93.0 Å². The van der Waals surface area contributed by atoms with E-state index in [0.29, 0.717) is 24.6 Å². The van der Waals surface area contributed by atoms with Crippen LogP contribution in [0.5, 0.6) is 0 Å². The van der Waals surface area contributed by atoms with Gasteiger partial charge in [-0.2, -0.15) is 9.40 Å². The van der Waals surface area contributed by atoms with Gasteiger partial charge in [0.15, 0.2) is 0 Å². The van der Waals surface area contributed by atoms with Crippen molar-refractivity contribution in [3.63, 3.8) is 0 Å². The second kappa shape index (κ2) is 8.76. The molecule has 0 amide bonds. The molecule has 1 aliphatic rings. The number of nitrogens with one attached hydrogen (secondary N) is 1. The van der Waals surface area contributed by atoms with Crippen LogP contribution in [0.3, 0.4) is 0 Å². The van der Waals surface area contributed by atoms with Gasteiger partial charge in [-0.15, -0.1) is 0 Å². The quantitative estimate of drug-likeness (QED) is 0.598. The summed E-state index contributed by atoms with van der Waals surface area (Å²) in [4.78, 5) is 9.37. The summed E-state index contributed by atoms with van der Waals surface area (Å²) in [6.07, 6.45) is 5.81. The largest absolute Gasteiger partial charge is 0.325 e. The molecule has 0 aromatic carbocycles. The van der Waals surface area contributed by atoms with Gasteiger partial charge in [0.25, 0.3) is 0 Å². The van der Waals surface area contributed by atoms with Crippen LogP contribution in [-0.2, 0) is 16.6 Å². The number of rotatable bonds is 7. The smallest absolute Gasteiger partial charge is 0.247 e.